The standard InChI is InChI=1S/C23H31N3O3.ClH/c1-16(2)22(24)23(28)25-15-18-10-12-19(13-11-18)26-21(27)9-6-14-29-20-8-5-4-7-17(20)3;/h4-5,7-8,10-13,16,22H,6,9,14-15,24H2,1-3H3,(H,25,28)(H,26,27);1H/t22-;/m0./s1. The van der Waals surface area contributed by atoms with Gasteiger partial charge in [-0.15, -0.1) is 12.4 Å². The Kier molecular flexibility index (Phi) is 10.9. The van der Waals surface area contributed by atoms with E-state index in [0.29, 0.717) is 26.0 Å². The van der Waals surface area contributed by atoms with Crippen molar-refractivity contribution in [3.63, 3.8) is 0 Å². The van der Waals surface area contributed by atoms with E-state index in [1.165, 1.54) is 0 Å². The van der Waals surface area contributed by atoms with Crippen molar-refractivity contribution in [3.8, 4) is 5.75 Å². The molecule has 0 aliphatic heterocycles. The van der Waals surface area contributed by atoms with E-state index in [1.807, 2.05) is 69.3 Å². The molecule has 0 fully saturated rings. The SMILES string of the molecule is Cc1ccccc1OCCCC(=O)Nc1ccc(CNC(=O)[C@@H](N)C(C)C)cc1.Cl. The Hall–Kier alpha value is -2.57. The van der Waals surface area contributed by atoms with E-state index in [2.05, 4.69) is 10.6 Å². The lowest BCUT2D eigenvalue weighted by molar-refractivity contribution is -0.123. The summed E-state index contributed by atoms with van der Waals surface area (Å²) >= 11 is 0. The number of amides is 2. The first-order chi connectivity index (χ1) is 13.9. The highest BCUT2D eigenvalue weighted by atomic mass is 35.5. The first kappa shape index (κ1) is 25.5. The van der Waals surface area contributed by atoms with Crippen molar-refractivity contribution >= 4 is 29.9 Å². The van der Waals surface area contributed by atoms with Gasteiger partial charge in [-0.25, -0.2) is 0 Å². The van der Waals surface area contributed by atoms with Crippen molar-refractivity contribution < 1.29 is 14.3 Å². The summed E-state index contributed by atoms with van der Waals surface area (Å²) in [5.41, 5.74) is 8.58. The molecular formula is C23H32ClN3O3. The van der Waals surface area contributed by atoms with Gasteiger partial charge in [0.15, 0.2) is 0 Å². The molecule has 6 nitrogen and oxygen atoms in total. The van der Waals surface area contributed by atoms with E-state index < -0.39 is 6.04 Å². The van der Waals surface area contributed by atoms with Crippen LogP contribution in [-0.2, 0) is 16.1 Å². The van der Waals surface area contributed by atoms with Crippen LogP contribution in [-0.4, -0.2) is 24.5 Å². The Bertz CT molecular complexity index is 810. The molecule has 7 heteroatoms. The third kappa shape index (κ3) is 8.43. The van der Waals surface area contributed by atoms with Crippen LogP contribution in [0.1, 0.15) is 37.8 Å². The summed E-state index contributed by atoms with van der Waals surface area (Å²) in [7, 11) is 0. The summed E-state index contributed by atoms with van der Waals surface area (Å²) in [6, 6.07) is 14.7. The number of carbonyl (C=O) groups excluding carboxylic acids is 2. The Labute approximate surface area is 185 Å². The van der Waals surface area contributed by atoms with Crippen LogP contribution >= 0.6 is 12.4 Å². The van der Waals surface area contributed by atoms with Gasteiger partial charge in [0, 0.05) is 18.7 Å². The number of hydrogen-bond acceptors (Lipinski definition) is 4. The van der Waals surface area contributed by atoms with Gasteiger partial charge in [0.2, 0.25) is 11.8 Å². The molecule has 0 spiro atoms. The minimum Gasteiger partial charge on any atom is -0.493 e. The monoisotopic (exact) mass is 433 g/mol. The van der Waals surface area contributed by atoms with Crippen LogP contribution in [0.15, 0.2) is 48.5 Å². The van der Waals surface area contributed by atoms with Crippen LogP contribution in [0.4, 0.5) is 5.69 Å². The Morgan fingerprint density at radius 2 is 1.73 bits per heavy atom. The average molecular weight is 434 g/mol. The predicted molar refractivity (Wildman–Crippen MR) is 123 cm³/mol. The lowest BCUT2D eigenvalue weighted by atomic mass is 10.0. The van der Waals surface area contributed by atoms with Crippen LogP contribution in [0, 0.1) is 12.8 Å². The number of ether oxygens (including phenoxy) is 1. The van der Waals surface area contributed by atoms with Crippen molar-refractivity contribution in [2.45, 2.75) is 46.2 Å². The van der Waals surface area contributed by atoms with E-state index in [9.17, 15) is 9.59 Å². The van der Waals surface area contributed by atoms with E-state index in [-0.39, 0.29) is 30.1 Å². The van der Waals surface area contributed by atoms with Gasteiger partial charge in [-0.1, -0.05) is 44.2 Å². The minimum atomic E-state index is -0.511. The van der Waals surface area contributed by atoms with Crippen molar-refractivity contribution in [3.05, 3.63) is 59.7 Å². The molecule has 1 atom stereocenters. The zero-order valence-electron chi connectivity index (χ0n) is 17.8. The summed E-state index contributed by atoms with van der Waals surface area (Å²) in [5.74, 6) is 0.729. The van der Waals surface area contributed by atoms with Gasteiger partial charge in [-0.2, -0.15) is 0 Å². The van der Waals surface area contributed by atoms with E-state index in [0.717, 1.165) is 22.6 Å². The number of carbonyl (C=O) groups is 2. The van der Waals surface area contributed by atoms with Gasteiger partial charge in [0.25, 0.3) is 0 Å². The first-order valence-electron chi connectivity index (χ1n) is 9.97. The number of anilines is 1. The lowest BCUT2D eigenvalue weighted by Gasteiger charge is -2.15. The molecule has 0 heterocycles. The van der Waals surface area contributed by atoms with Crippen LogP contribution in [0.2, 0.25) is 0 Å². The molecule has 0 aliphatic carbocycles. The van der Waals surface area contributed by atoms with Gasteiger partial charge in [-0.3, -0.25) is 9.59 Å². The van der Waals surface area contributed by atoms with Crippen molar-refractivity contribution in [2.75, 3.05) is 11.9 Å². The van der Waals surface area contributed by atoms with E-state index in [1.54, 1.807) is 0 Å². The second-order valence-corrected chi connectivity index (χ2v) is 7.45. The maximum atomic E-state index is 12.1. The Morgan fingerprint density at radius 3 is 2.37 bits per heavy atom. The van der Waals surface area contributed by atoms with Crippen LogP contribution in [0.5, 0.6) is 5.75 Å². The number of aryl methyl sites for hydroxylation is 1. The summed E-state index contributed by atoms with van der Waals surface area (Å²) < 4.78 is 5.71. The fraction of sp³-hybridized carbons (Fsp3) is 0.391. The normalized spacial score (nSPS) is 11.4. The molecule has 0 unspecified atom stereocenters. The fourth-order valence-electron chi connectivity index (χ4n) is 2.67. The van der Waals surface area contributed by atoms with Crippen molar-refractivity contribution in [1.29, 1.82) is 0 Å². The molecule has 0 saturated heterocycles. The number of hydrogen-bond donors (Lipinski definition) is 3. The van der Waals surface area contributed by atoms with Gasteiger partial charge in [0.05, 0.1) is 12.6 Å². The van der Waals surface area contributed by atoms with Gasteiger partial charge in [-0.05, 0) is 48.6 Å². The minimum absolute atomic E-state index is 0. The summed E-state index contributed by atoms with van der Waals surface area (Å²) in [4.78, 5) is 24.0. The predicted octanol–water partition coefficient (Wildman–Crippen LogP) is 3.81. The third-order valence-corrected chi connectivity index (χ3v) is 4.62. The maximum absolute atomic E-state index is 12.1. The highest BCUT2D eigenvalue weighted by Gasteiger charge is 2.16. The average Bonchev–Trinajstić information content (AvgIpc) is 2.71. The molecular weight excluding hydrogens is 402 g/mol. The molecule has 2 aromatic rings. The lowest BCUT2D eigenvalue weighted by Crippen LogP contribution is -2.43. The fourth-order valence-corrected chi connectivity index (χ4v) is 2.67. The largest absolute Gasteiger partial charge is 0.493 e. The van der Waals surface area contributed by atoms with Gasteiger partial charge in [0.1, 0.15) is 5.75 Å². The zero-order valence-corrected chi connectivity index (χ0v) is 18.6. The number of halogens is 1. The molecule has 2 rings (SSSR count). The van der Waals surface area contributed by atoms with Crippen LogP contribution in [0.25, 0.3) is 0 Å². The molecule has 164 valence electrons. The zero-order chi connectivity index (χ0) is 21.2. The Balaban J connectivity index is 0.00000450. The molecule has 2 aromatic carbocycles. The second-order valence-electron chi connectivity index (χ2n) is 7.45. The first-order valence-corrected chi connectivity index (χ1v) is 9.97. The van der Waals surface area contributed by atoms with E-state index >= 15 is 0 Å². The molecule has 2 amide bonds. The van der Waals surface area contributed by atoms with Gasteiger partial charge >= 0.3 is 0 Å². The number of nitrogens with two attached hydrogens (primary N) is 1. The van der Waals surface area contributed by atoms with Crippen LogP contribution in [0.3, 0.4) is 0 Å². The number of benzene rings is 2. The van der Waals surface area contributed by atoms with Crippen molar-refractivity contribution in [1.82, 2.24) is 5.32 Å². The number of rotatable bonds is 10. The second kappa shape index (κ2) is 12.9. The molecule has 0 saturated carbocycles. The number of nitrogens with one attached hydrogen (secondary N) is 2. The summed E-state index contributed by atoms with van der Waals surface area (Å²) in [6.45, 7) is 6.72. The smallest absolute Gasteiger partial charge is 0.237 e. The molecule has 0 radical (unpaired) electrons. The van der Waals surface area contributed by atoms with Crippen molar-refractivity contribution in [2.24, 2.45) is 11.7 Å². The molecule has 4 N–H and O–H groups in total. The molecule has 0 bridgehead atoms. The number of para-hydroxylation sites is 1. The maximum Gasteiger partial charge on any atom is 0.237 e. The molecule has 30 heavy (non-hydrogen) atoms. The highest BCUT2D eigenvalue weighted by molar-refractivity contribution is 5.90. The summed E-state index contributed by atoms with van der Waals surface area (Å²) in [5, 5.41) is 5.70. The molecule has 0 aliphatic rings. The topological polar surface area (TPSA) is 93.5 Å². The van der Waals surface area contributed by atoms with Gasteiger partial charge < -0.3 is 21.1 Å². The summed E-state index contributed by atoms with van der Waals surface area (Å²) in [6.07, 6.45) is 1.02. The molecule has 0 aromatic heterocycles. The van der Waals surface area contributed by atoms with Crippen LogP contribution < -0.4 is 21.1 Å². The highest BCUT2D eigenvalue weighted by Crippen LogP contribution is 2.16. The third-order valence-electron chi connectivity index (χ3n) is 4.62. The quantitative estimate of drug-likeness (QED) is 0.496. The Morgan fingerprint density at radius 1 is 1.07 bits per heavy atom. The van der Waals surface area contributed by atoms with E-state index in [4.69, 9.17) is 10.5 Å².